The first kappa shape index (κ1) is 17.2. The molecular weight excluding hydrogens is 334 g/mol. The molecule has 0 radical (unpaired) electrons. The SMILES string of the molecule is COc1ccc2c(Oc3ccc(CC(=O)NO)cc3)c(C#N)cnc2c1. The number of fused-ring (bicyclic) bond motifs is 1. The molecule has 7 nitrogen and oxygen atoms in total. The van der Waals surface area contributed by atoms with E-state index in [4.69, 9.17) is 14.7 Å². The van der Waals surface area contributed by atoms with Gasteiger partial charge in [0, 0.05) is 17.6 Å². The summed E-state index contributed by atoms with van der Waals surface area (Å²) in [7, 11) is 1.57. The maximum atomic E-state index is 11.2. The monoisotopic (exact) mass is 349 g/mol. The smallest absolute Gasteiger partial charge is 0.247 e. The number of hydrogen-bond donors (Lipinski definition) is 2. The quantitative estimate of drug-likeness (QED) is 0.542. The summed E-state index contributed by atoms with van der Waals surface area (Å²) >= 11 is 0. The second-order valence-corrected chi connectivity index (χ2v) is 5.45. The van der Waals surface area contributed by atoms with Gasteiger partial charge in [0.15, 0.2) is 5.75 Å². The summed E-state index contributed by atoms with van der Waals surface area (Å²) in [4.78, 5) is 15.5. The van der Waals surface area contributed by atoms with Crippen molar-refractivity contribution in [3.05, 3.63) is 59.8 Å². The first-order valence-corrected chi connectivity index (χ1v) is 7.71. The minimum atomic E-state index is -0.500. The fourth-order valence-corrected chi connectivity index (χ4v) is 2.48. The molecule has 3 rings (SSSR count). The lowest BCUT2D eigenvalue weighted by Gasteiger charge is -2.11. The van der Waals surface area contributed by atoms with Crippen LogP contribution in [-0.2, 0) is 11.2 Å². The zero-order chi connectivity index (χ0) is 18.5. The van der Waals surface area contributed by atoms with Gasteiger partial charge in [-0.25, -0.2) is 5.48 Å². The molecule has 0 bridgehead atoms. The molecule has 0 fully saturated rings. The summed E-state index contributed by atoms with van der Waals surface area (Å²) < 4.78 is 11.1. The van der Waals surface area contributed by atoms with Gasteiger partial charge in [0.05, 0.1) is 19.0 Å². The van der Waals surface area contributed by atoms with E-state index in [1.165, 1.54) is 6.20 Å². The molecule has 0 atom stereocenters. The van der Waals surface area contributed by atoms with Gasteiger partial charge in [-0.2, -0.15) is 5.26 Å². The Hall–Kier alpha value is -3.63. The molecule has 0 unspecified atom stereocenters. The van der Waals surface area contributed by atoms with Crippen molar-refractivity contribution < 1.29 is 19.5 Å². The number of nitriles is 1. The van der Waals surface area contributed by atoms with Crippen LogP contribution in [0.2, 0.25) is 0 Å². The van der Waals surface area contributed by atoms with Gasteiger partial charge in [-0.1, -0.05) is 12.1 Å². The molecule has 0 aliphatic rings. The van der Waals surface area contributed by atoms with Crippen molar-refractivity contribution in [2.24, 2.45) is 0 Å². The van der Waals surface area contributed by atoms with Gasteiger partial charge >= 0.3 is 0 Å². The molecule has 0 aliphatic heterocycles. The van der Waals surface area contributed by atoms with E-state index in [2.05, 4.69) is 11.1 Å². The first-order valence-electron chi connectivity index (χ1n) is 7.71. The van der Waals surface area contributed by atoms with Crippen molar-refractivity contribution >= 4 is 16.8 Å². The second-order valence-electron chi connectivity index (χ2n) is 5.45. The number of aromatic nitrogens is 1. The molecule has 130 valence electrons. The Balaban J connectivity index is 1.94. The Labute approximate surface area is 149 Å². The zero-order valence-corrected chi connectivity index (χ0v) is 13.9. The number of rotatable bonds is 5. The lowest BCUT2D eigenvalue weighted by atomic mass is 10.1. The van der Waals surface area contributed by atoms with Gasteiger partial charge in [-0.05, 0) is 29.8 Å². The topological polar surface area (TPSA) is 104 Å². The number of hydrogen-bond acceptors (Lipinski definition) is 6. The van der Waals surface area contributed by atoms with E-state index in [1.807, 2.05) is 0 Å². The molecular formula is C19H15N3O4. The predicted molar refractivity (Wildman–Crippen MR) is 93.2 cm³/mol. The number of benzene rings is 2. The maximum absolute atomic E-state index is 11.2. The molecule has 3 aromatic rings. The molecule has 2 N–H and O–H groups in total. The summed E-state index contributed by atoms with van der Waals surface area (Å²) in [6.45, 7) is 0. The highest BCUT2D eigenvalue weighted by Gasteiger charge is 2.12. The van der Waals surface area contributed by atoms with Gasteiger partial charge in [0.2, 0.25) is 5.91 Å². The van der Waals surface area contributed by atoms with Crippen LogP contribution in [0.15, 0.2) is 48.7 Å². The number of hydroxylamine groups is 1. The van der Waals surface area contributed by atoms with E-state index < -0.39 is 5.91 Å². The molecule has 0 spiro atoms. The second kappa shape index (κ2) is 7.51. The predicted octanol–water partition coefficient (Wildman–Crippen LogP) is 2.96. The van der Waals surface area contributed by atoms with Gasteiger partial charge in [0.1, 0.15) is 23.1 Å². The van der Waals surface area contributed by atoms with Crippen LogP contribution in [0.5, 0.6) is 17.2 Å². The van der Waals surface area contributed by atoms with E-state index in [9.17, 15) is 10.1 Å². The van der Waals surface area contributed by atoms with Crippen LogP contribution >= 0.6 is 0 Å². The fraction of sp³-hybridized carbons (Fsp3) is 0.105. The summed E-state index contributed by atoms with van der Waals surface area (Å²) in [5.41, 5.74) is 3.26. The molecule has 1 aromatic heterocycles. The molecule has 2 aromatic carbocycles. The Bertz CT molecular complexity index is 994. The van der Waals surface area contributed by atoms with Crippen molar-refractivity contribution in [1.29, 1.82) is 5.26 Å². The van der Waals surface area contributed by atoms with Crippen LogP contribution in [0.25, 0.3) is 10.9 Å². The zero-order valence-electron chi connectivity index (χ0n) is 13.9. The molecule has 26 heavy (non-hydrogen) atoms. The van der Waals surface area contributed by atoms with Crippen LogP contribution in [-0.4, -0.2) is 23.2 Å². The summed E-state index contributed by atoms with van der Waals surface area (Å²) in [6, 6.07) is 14.2. The highest BCUT2D eigenvalue weighted by molar-refractivity contribution is 5.88. The van der Waals surface area contributed by atoms with Crippen molar-refractivity contribution in [1.82, 2.24) is 10.5 Å². The largest absolute Gasteiger partial charge is 0.497 e. The highest BCUT2D eigenvalue weighted by atomic mass is 16.5. The fourth-order valence-electron chi connectivity index (χ4n) is 2.48. The van der Waals surface area contributed by atoms with E-state index in [0.717, 1.165) is 0 Å². The van der Waals surface area contributed by atoms with Crippen molar-refractivity contribution in [2.75, 3.05) is 7.11 Å². The molecule has 0 aliphatic carbocycles. The highest BCUT2D eigenvalue weighted by Crippen LogP contribution is 2.33. The van der Waals surface area contributed by atoms with E-state index >= 15 is 0 Å². The number of methoxy groups -OCH3 is 1. The Morgan fingerprint density at radius 1 is 1.23 bits per heavy atom. The number of pyridine rings is 1. The van der Waals surface area contributed by atoms with Gasteiger partial charge in [-0.3, -0.25) is 15.0 Å². The molecule has 0 saturated carbocycles. The molecule has 0 saturated heterocycles. The Kier molecular flexibility index (Phi) is 4.97. The van der Waals surface area contributed by atoms with Crippen LogP contribution in [0, 0.1) is 11.3 Å². The van der Waals surface area contributed by atoms with Crippen LogP contribution in [0.1, 0.15) is 11.1 Å². The lowest BCUT2D eigenvalue weighted by molar-refractivity contribution is -0.128. The number of amides is 1. The number of carbonyl (C=O) groups is 1. The van der Waals surface area contributed by atoms with Gasteiger partial charge in [0.25, 0.3) is 0 Å². The third-order valence-corrected chi connectivity index (χ3v) is 3.78. The molecule has 1 heterocycles. The first-order chi connectivity index (χ1) is 12.6. The van der Waals surface area contributed by atoms with Crippen molar-refractivity contribution in [3.63, 3.8) is 0 Å². The lowest BCUT2D eigenvalue weighted by Crippen LogP contribution is -2.20. The van der Waals surface area contributed by atoms with Gasteiger partial charge < -0.3 is 9.47 Å². The maximum Gasteiger partial charge on any atom is 0.247 e. The van der Waals surface area contributed by atoms with Crippen molar-refractivity contribution in [3.8, 4) is 23.3 Å². The summed E-state index contributed by atoms with van der Waals surface area (Å²) in [5, 5.41) is 18.6. The molecule has 7 heteroatoms. The Morgan fingerprint density at radius 2 is 1.96 bits per heavy atom. The van der Waals surface area contributed by atoms with E-state index in [1.54, 1.807) is 55.1 Å². The van der Waals surface area contributed by atoms with Gasteiger partial charge in [-0.15, -0.1) is 0 Å². The van der Waals surface area contributed by atoms with Crippen LogP contribution in [0.3, 0.4) is 0 Å². The average Bonchev–Trinajstić information content (AvgIpc) is 2.69. The normalized spacial score (nSPS) is 10.2. The summed E-state index contributed by atoms with van der Waals surface area (Å²) in [6.07, 6.45) is 1.51. The molecule has 1 amide bonds. The van der Waals surface area contributed by atoms with Crippen molar-refractivity contribution in [2.45, 2.75) is 6.42 Å². The average molecular weight is 349 g/mol. The number of nitrogens with zero attached hydrogens (tertiary/aromatic N) is 2. The minimum absolute atomic E-state index is 0.0538. The third kappa shape index (κ3) is 3.55. The standard InChI is InChI=1S/C19H15N3O4/c1-25-15-6-7-16-17(9-15)21-11-13(10-20)19(16)26-14-4-2-12(3-5-14)8-18(23)22-24/h2-7,9,11,24H,8H2,1H3,(H,22,23). The van der Waals surface area contributed by atoms with E-state index in [0.29, 0.717) is 39.3 Å². The van der Waals surface area contributed by atoms with E-state index in [-0.39, 0.29) is 6.42 Å². The summed E-state index contributed by atoms with van der Waals surface area (Å²) in [5.74, 6) is 1.07. The number of nitrogens with one attached hydrogen (secondary N) is 1. The Morgan fingerprint density at radius 3 is 2.62 bits per heavy atom. The minimum Gasteiger partial charge on any atom is -0.497 e. The van der Waals surface area contributed by atoms with Crippen LogP contribution in [0.4, 0.5) is 0 Å². The number of ether oxygens (including phenoxy) is 2. The number of carbonyl (C=O) groups excluding carboxylic acids is 1. The van der Waals surface area contributed by atoms with Crippen LogP contribution < -0.4 is 15.0 Å². The third-order valence-electron chi connectivity index (χ3n) is 3.78.